The van der Waals surface area contributed by atoms with Crippen molar-refractivity contribution in [3.63, 3.8) is 0 Å². The van der Waals surface area contributed by atoms with Gasteiger partial charge in [0, 0.05) is 23.0 Å². The van der Waals surface area contributed by atoms with Gasteiger partial charge < -0.3 is 5.73 Å². The quantitative estimate of drug-likeness (QED) is 0.826. The van der Waals surface area contributed by atoms with Gasteiger partial charge in [0.1, 0.15) is 0 Å². The fourth-order valence-electron chi connectivity index (χ4n) is 2.10. The zero-order valence-electron chi connectivity index (χ0n) is 7.42. The maximum atomic E-state index is 5.85. The van der Waals surface area contributed by atoms with Crippen molar-refractivity contribution in [3.05, 3.63) is 15.5 Å². The van der Waals surface area contributed by atoms with E-state index in [0.717, 1.165) is 6.54 Å². The highest BCUT2D eigenvalue weighted by Gasteiger charge is 2.35. The topological polar surface area (TPSA) is 38.9 Å². The van der Waals surface area contributed by atoms with E-state index in [4.69, 9.17) is 17.3 Å². The first kappa shape index (κ1) is 9.44. The zero-order chi connectivity index (χ0) is 9.31. The Kier molecular flexibility index (Phi) is 2.58. The minimum Gasteiger partial charge on any atom is -0.330 e. The summed E-state index contributed by atoms with van der Waals surface area (Å²) in [6.07, 6.45) is 6.86. The van der Waals surface area contributed by atoms with E-state index >= 15 is 0 Å². The van der Waals surface area contributed by atoms with Gasteiger partial charge in [-0.3, -0.25) is 0 Å². The van der Waals surface area contributed by atoms with Crippen LogP contribution in [0.5, 0.6) is 0 Å². The number of rotatable bonds is 2. The van der Waals surface area contributed by atoms with E-state index in [-0.39, 0.29) is 5.41 Å². The summed E-state index contributed by atoms with van der Waals surface area (Å²) in [7, 11) is 0. The fraction of sp³-hybridized carbons (Fsp3) is 0.667. The lowest BCUT2D eigenvalue weighted by atomic mass is 9.85. The third-order valence-electron chi connectivity index (χ3n) is 2.95. The minimum atomic E-state index is 0.199. The minimum absolute atomic E-state index is 0.199. The predicted molar refractivity (Wildman–Crippen MR) is 56.3 cm³/mol. The van der Waals surface area contributed by atoms with Gasteiger partial charge in [0.15, 0.2) is 4.47 Å². The van der Waals surface area contributed by atoms with Gasteiger partial charge >= 0.3 is 0 Å². The summed E-state index contributed by atoms with van der Waals surface area (Å²) in [4.78, 5) is 5.36. The number of hydrogen-bond donors (Lipinski definition) is 1. The van der Waals surface area contributed by atoms with Gasteiger partial charge in [0.2, 0.25) is 0 Å². The van der Waals surface area contributed by atoms with E-state index in [2.05, 4.69) is 4.98 Å². The van der Waals surface area contributed by atoms with Crippen LogP contribution in [0.15, 0.2) is 6.20 Å². The molecule has 0 spiro atoms. The normalized spacial score (nSPS) is 20.8. The van der Waals surface area contributed by atoms with Gasteiger partial charge in [-0.2, -0.15) is 0 Å². The second-order valence-electron chi connectivity index (χ2n) is 3.67. The molecule has 1 aliphatic rings. The van der Waals surface area contributed by atoms with Crippen LogP contribution in [0.1, 0.15) is 30.6 Å². The lowest BCUT2D eigenvalue weighted by Crippen LogP contribution is -2.30. The lowest BCUT2D eigenvalue weighted by Gasteiger charge is -2.24. The summed E-state index contributed by atoms with van der Waals surface area (Å²) in [6, 6.07) is 0. The molecule has 1 heterocycles. The molecule has 0 unspecified atom stereocenters. The summed E-state index contributed by atoms with van der Waals surface area (Å²) in [6.45, 7) is 0.728. The standard InChI is InChI=1S/C9H13ClN2S/c10-8-12-5-7(13-8)9(6-11)3-1-2-4-9/h5H,1-4,6,11H2. The second-order valence-corrected chi connectivity index (χ2v) is 5.28. The maximum Gasteiger partial charge on any atom is 0.183 e. The Balaban J connectivity index is 2.30. The molecule has 72 valence electrons. The van der Waals surface area contributed by atoms with Gasteiger partial charge in [-0.1, -0.05) is 24.4 Å². The summed E-state index contributed by atoms with van der Waals surface area (Å²) in [5, 5.41) is 0. The number of halogens is 1. The van der Waals surface area contributed by atoms with Crippen LogP contribution in [0, 0.1) is 0 Å². The van der Waals surface area contributed by atoms with Gasteiger partial charge in [-0.05, 0) is 12.8 Å². The highest BCUT2D eigenvalue weighted by molar-refractivity contribution is 7.15. The van der Waals surface area contributed by atoms with Crippen LogP contribution in [0.25, 0.3) is 0 Å². The molecule has 1 saturated carbocycles. The van der Waals surface area contributed by atoms with Gasteiger partial charge in [-0.25, -0.2) is 4.98 Å². The molecule has 2 nitrogen and oxygen atoms in total. The van der Waals surface area contributed by atoms with E-state index in [1.54, 1.807) is 11.3 Å². The third-order valence-corrected chi connectivity index (χ3v) is 4.31. The first-order chi connectivity index (χ1) is 6.27. The SMILES string of the molecule is NCC1(c2cnc(Cl)s2)CCCC1. The Bertz CT molecular complexity index is 292. The predicted octanol–water partition coefficient (Wildman–Crippen LogP) is 2.57. The van der Waals surface area contributed by atoms with Gasteiger partial charge in [0.25, 0.3) is 0 Å². The molecule has 0 saturated heterocycles. The largest absolute Gasteiger partial charge is 0.330 e. The molecule has 0 aromatic carbocycles. The van der Waals surface area contributed by atoms with Crippen molar-refractivity contribution in [2.24, 2.45) is 5.73 Å². The molecule has 4 heteroatoms. The van der Waals surface area contributed by atoms with E-state index < -0.39 is 0 Å². The molecule has 1 fully saturated rings. The van der Waals surface area contributed by atoms with E-state index in [1.807, 2.05) is 6.20 Å². The molecule has 0 radical (unpaired) electrons. The average molecular weight is 217 g/mol. The van der Waals surface area contributed by atoms with Crippen molar-refractivity contribution >= 4 is 22.9 Å². The third kappa shape index (κ3) is 1.60. The van der Waals surface area contributed by atoms with Crippen LogP contribution < -0.4 is 5.73 Å². The van der Waals surface area contributed by atoms with Gasteiger partial charge in [-0.15, -0.1) is 11.3 Å². The van der Waals surface area contributed by atoms with Crippen molar-refractivity contribution in [2.45, 2.75) is 31.1 Å². The van der Waals surface area contributed by atoms with E-state index in [0.29, 0.717) is 4.47 Å². The fourth-order valence-corrected chi connectivity index (χ4v) is 3.30. The first-order valence-electron chi connectivity index (χ1n) is 4.59. The van der Waals surface area contributed by atoms with Crippen molar-refractivity contribution in [1.82, 2.24) is 4.98 Å². The number of aromatic nitrogens is 1. The smallest absolute Gasteiger partial charge is 0.183 e. The lowest BCUT2D eigenvalue weighted by molar-refractivity contribution is 0.461. The molecule has 0 bridgehead atoms. The summed E-state index contributed by atoms with van der Waals surface area (Å²) in [5.74, 6) is 0. The molecule has 1 aliphatic carbocycles. The highest BCUT2D eigenvalue weighted by atomic mass is 35.5. The van der Waals surface area contributed by atoms with Crippen molar-refractivity contribution in [2.75, 3.05) is 6.54 Å². The molecule has 0 atom stereocenters. The van der Waals surface area contributed by atoms with Crippen molar-refractivity contribution < 1.29 is 0 Å². The second kappa shape index (κ2) is 3.56. The van der Waals surface area contributed by atoms with Crippen LogP contribution in [0.4, 0.5) is 0 Å². The molecule has 1 aromatic rings. The molecular formula is C9H13ClN2S. The number of thiazole rings is 1. The number of nitrogens with zero attached hydrogens (tertiary/aromatic N) is 1. The first-order valence-corrected chi connectivity index (χ1v) is 5.78. The van der Waals surface area contributed by atoms with Crippen LogP contribution in [0.3, 0.4) is 0 Å². The van der Waals surface area contributed by atoms with E-state index in [9.17, 15) is 0 Å². The van der Waals surface area contributed by atoms with Crippen LogP contribution in [-0.2, 0) is 5.41 Å². The molecule has 2 rings (SSSR count). The van der Waals surface area contributed by atoms with E-state index in [1.165, 1.54) is 30.6 Å². The van der Waals surface area contributed by atoms with Crippen LogP contribution >= 0.6 is 22.9 Å². The molecule has 2 N–H and O–H groups in total. The van der Waals surface area contributed by atoms with Crippen molar-refractivity contribution in [1.29, 1.82) is 0 Å². The molecule has 13 heavy (non-hydrogen) atoms. The van der Waals surface area contributed by atoms with Gasteiger partial charge in [0.05, 0.1) is 0 Å². The Hall–Kier alpha value is -0.120. The summed E-state index contributed by atoms with van der Waals surface area (Å²) >= 11 is 7.41. The Morgan fingerprint density at radius 1 is 1.54 bits per heavy atom. The monoisotopic (exact) mass is 216 g/mol. The van der Waals surface area contributed by atoms with Crippen LogP contribution in [0.2, 0.25) is 4.47 Å². The highest BCUT2D eigenvalue weighted by Crippen LogP contribution is 2.43. The number of hydrogen-bond acceptors (Lipinski definition) is 3. The molecule has 0 aliphatic heterocycles. The van der Waals surface area contributed by atoms with Crippen molar-refractivity contribution in [3.8, 4) is 0 Å². The molecule has 0 amide bonds. The molecular weight excluding hydrogens is 204 g/mol. The molecule has 1 aromatic heterocycles. The number of nitrogens with two attached hydrogens (primary N) is 1. The average Bonchev–Trinajstić information content (AvgIpc) is 2.73. The Morgan fingerprint density at radius 2 is 2.23 bits per heavy atom. The Morgan fingerprint density at radius 3 is 2.69 bits per heavy atom. The van der Waals surface area contributed by atoms with Crippen LogP contribution in [-0.4, -0.2) is 11.5 Å². The summed E-state index contributed by atoms with van der Waals surface area (Å²) < 4.78 is 0.634. The zero-order valence-corrected chi connectivity index (χ0v) is 9.00. The summed E-state index contributed by atoms with van der Waals surface area (Å²) in [5.41, 5.74) is 6.05. The Labute approximate surface area is 87.1 Å². The maximum absolute atomic E-state index is 5.85.